The SMILES string of the molecule is CCCCC(OC(C)P(c1ccccc1)c1ccccc1)C(=O)c1ccc([N+](=O)[O-])cc1. The Morgan fingerprint density at radius 2 is 1.47 bits per heavy atom. The minimum Gasteiger partial charge on any atom is -0.362 e. The summed E-state index contributed by atoms with van der Waals surface area (Å²) in [4.78, 5) is 23.8. The van der Waals surface area contributed by atoms with Crippen LogP contribution in [0.1, 0.15) is 43.5 Å². The summed E-state index contributed by atoms with van der Waals surface area (Å²) in [6, 6.07) is 26.3. The number of hydrogen-bond acceptors (Lipinski definition) is 4. The molecule has 2 atom stereocenters. The smallest absolute Gasteiger partial charge is 0.269 e. The number of non-ortho nitro benzene ring substituents is 1. The van der Waals surface area contributed by atoms with Crippen LogP contribution in [0.25, 0.3) is 0 Å². The Morgan fingerprint density at radius 3 is 1.94 bits per heavy atom. The zero-order valence-corrected chi connectivity index (χ0v) is 19.3. The summed E-state index contributed by atoms with van der Waals surface area (Å²) in [5.41, 5.74) is 0.408. The van der Waals surface area contributed by atoms with Crippen molar-refractivity contribution in [3.05, 3.63) is 101 Å². The maximum Gasteiger partial charge on any atom is 0.269 e. The van der Waals surface area contributed by atoms with Gasteiger partial charge in [0.2, 0.25) is 0 Å². The molecule has 0 N–H and O–H groups in total. The number of nitro groups is 1. The van der Waals surface area contributed by atoms with Crippen LogP contribution in [-0.4, -0.2) is 22.7 Å². The third kappa shape index (κ3) is 6.09. The van der Waals surface area contributed by atoms with Crippen molar-refractivity contribution in [3.8, 4) is 0 Å². The molecule has 3 aromatic rings. The molecular weight excluding hydrogens is 421 g/mol. The van der Waals surface area contributed by atoms with E-state index in [1.165, 1.54) is 34.9 Å². The second-order valence-electron chi connectivity index (χ2n) is 7.58. The van der Waals surface area contributed by atoms with Crippen molar-refractivity contribution < 1.29 is 14.5 Å². The van der Waals surface area contributed by atoms with Gasteiger partial charge in [0.1, 0.15) is 6.10 Å². The Balaban J connectivity index is 1.86. The van der Waals surface area contributed by atoms with Crippen molar-refractivity contribution in [3.63, 3.8) is 0 Å². The van der Waals surface area contributed by atoms with Crippen LogP contribution in [0.3, 0.4) is 0 Å². The third-order valence-electron chi connectivity index (χ3n) is 5.27. The van der Waals surface area contributed by atoms with E-state index in [0.29, 0.717) is 12.0 Å². The number of ether oxygens (including phenoxy) is 1. The van der Waals surface area contributed by atoms with Crippen LogP contribution in [0.2, 0.25) is 0 Å². The van der Waals surface area contributed by atoms with Gasteiger partial charge in [0.05, 0.1) is 10.8 Å². The molecule has 0 saturated carbocycles. The molecule has 0 saturated heterocycles. The summed E-state index contributed by atoms with van der Waals surface area (Å²) < 4.78 is 6.46. The number of nitrogens with zero attached hydrogens (tertiary/aromatic N) is 1. The van der Waals surface area contributed by atoms with E-state index in [0.717, 1.165) is 12.8 Å². The van der Waals surface area contributed by atoms with E-state index in [4.69, 9.17) is 4.74 Å². The molecule has 0 spiro atoms. The Labute approximate surface area is 190 Å². The largest absolute Gasteiger partial charge is 0.362 e. The van der Waals surface area contributed by atoms with E-state index in [9.17, 15) is 14.9 Å². The molecule has 0 amide bonds. The highest BCUT2D eigenvalue weighted by atomic mass is 31.1. The Kier molecular flexibility index (Phi) is 8.66. The molecule has 3 rings (SSSR count). The number of hydrogen-bond donors (Lipinski definition) is 0. The van der Waals surface area contributed by atoms with Crippen molar-refractivity contribution in [2.24, 2.45) is 0 Å². The monoisotopic (exact) mass is 449 g/mol. The molecule has 166 valence electrons. The fourth-order valence-electron chi connectivity index (χ4n) is 3.63. The van der Waals surface area contributed by atoms with Crippen LogP contribution in [0.15, 0.2) is 84.9 Å². The molecular formula is C26H28NO4P. The third-order valence-corrected chi connectivity index (χ3v) is 7.83. The molecule has 5 nitrogen and oxygen atoms in total. The first-order valence-corrected chi connectivity index (χ1v) is 12.3. The fourth-order valence-corrected chi connectivity index (χ4v) is 6.02. The molecule has 0 aromatic heterocycles. The van der Waals surface area contributed by atoms with Gasteiger partial charge in [-0.2, -0.15) is 0 Å². The van der Waals surface area contributed by atoms with Gasteiger partial charge in [-0.05, 0) is 44.0 Å². The van der Waals surface area contributed by atoms with Crippen molar-refractivity contribution in [2.75, 3.05) is 0 Å². The van der Waals surface area contributed by atoms with E-state index in [1.807, 2.05) is 43.3 Å². The average molecular weight is 449 g/mol. The Bertz CT molecular complexity index is 970. The maximum absolute atomic E-state index is 13.3. The lowest BCUT2D eigenvalue weighted by Gasteiger charge is -2.29. The van der Waals surface area contributed by atoms with Crippen molar-refractivity contribution in [1.82, 2.24) is 0 Å². The number of carbonyl (C=O) groups excluding carboxylic acids is 1. The highest BCUT2D eigenvalue weighted by Crippen LogP contribution is 2.41. The zero-order chi connectivity index (χ0) is 22.9. The highest BCUT2D eigenvalue weighted by Gasteiger charge is 2.28. The lowest BCUT2D eigenvalue weighted by molar-refractivity contribution is -0.384. The number of rotatable bonds is 11. The highest BCUT2D eigenvalue weighted by molar-refractivity contribution is 7.73. The molecule has 0 fully saturated rings. The first-order chi connectivity index (χ1) is 15.5. The summed E-state index contributed by atoms with van der Waals surface area (Å²) in [6.07, 6.45) is 1.84. The number of unbranched alkanes of at least 4 members (excludes halogenated alkanes) is 1. The van der Waals surface area contributed by atoms with E-state index in [2.05, 4.69) is 31.2 Å². The number of carbonyl (C=O) groups is 1. The quantitative estimate of drug-likeness (QED) is 0.160. The number of ketones is 1. The van der Waals surface area contributed by atoms with E-state index < -0.39 is 18.9 Å². The lowest BCUT2D eigenvalue weighted by atomic mass is 10.0. The van der Waals surface area contributed by atoms with Crippen molar-refractivity contribution >= 4 is 30.0 Å². The summed E-state index contributed by atoms with van der Waals surface area (Å²) >= 11 is 0. The molecule has 32 heavy (non-hydrogen) atoms. The molecule has 0 aliphatic rings. The van der Waals surface area contributed by atoms with Gasteiger partial charge < -0.3 is 4.74 Å². The van der Waals surface area contributed by atoms with Gasteiger partial charge in [-0.25, -0.2) is 0 Å². The van der Waals surface area contributed by atoms with Crippen molar-refractivity contribution in [1.29, 1.82) is 0 Å². The van der Waals surface area contributed by atoms with Crippen molar-refractivity contribution in [2.45, 2.75) is 45.1 Å². The van der Waals surface area contributed by atoms with E-state index in [1.54, 1.807) is 0 Å². The van der Waals surface area contributed by atoms with Crippen LogP contribution in [0, 0.1) is 10.1 Å². The Morgan fingerprint density at radius 1 is 0.938 bits per heavy atom. The van der Waals surface area contributed by atoms with Crippen LogP contribution in [-0.2, 0) is 4.74 Å². The molecule has 0 radical (unpaired) electrons. The normalized spacial score (nSPS) is 13.0. The summed E-state index contributed by atoms with van der Waals surface area (Å²) in [7, 11) is -0.831. The standard InChI is InChI=1S/C26H28NO4P/c1-3-4-15-25(26(28)21-16-18-22(19-17-21)27(29)30)31-20(2)32(23-11-7-5-8-12-23)24-13-9-6-10-14-24/h5-14,16-20,25H,3-4,15H2,1-2H3. The van der Waals surface area contributed by atoms with Gasteiger partial charge in [0, 0.05) is 17.7 Å². The summed E-state index contributed by atoms with van der Waals surface area (Å²) in [5, 5.41) is 13.3. The van der Waals surface area contributed by atoms with Gasteiger partial charge in [-0.1, -0.05) is 80.4 Å². The molecule has 0 aliphatic carbocycles. The van der Waals surface area contributed by atoms with E-state index in [-0.39, 0.29) is 17.3 Å². The number of benzene rings is 3. The first-order valence-electron chi connectivity index (χ1n) is 10.8. The van der Waals surface area contributed by atoms with Gasteiger partial charge in [0.25, 0.3) is 5.69 Å². The van der Waals surface area contributed by atoms with Gasteiger partial charge in [0.15, 0.2) is 5.78 Å². The molecule has 3 aromatic carbocycles. The van der Waals surface area contributed by atoms with E-state index >= 15 is 0 Å². The summed E-state index contributed by atoms with van der Waals surface area (Å²) in [5.74, 6) is -0.310. The zero-order valence-electron chi connectivity index (χ0n) is 18.4. The van der Waals surface area contributed by atoms with Gasteiger partial charge in [-0.3, -0.25) is 14.9 Å². The second kappa shape index (κ2) is 11.7. The molecule has 0 heterocycles. The van der Waals surface area contributed by atoms with Crippen LogP contribution < -0.4 is 10.6 Å². The lowest BCUT2D eigenvalue weighted by Crippen LogP contribution is -2.31. The fraction of sp³-hybridized carbons (Fsp3) is 0.269. The van der Waals surface area contributed by atoms with Crippen LogP contribution in [0.5, 0.6) is 0 Å². The Hall–Kier alpha value is -2.88. The summed E-state index contributed by atoms with van der Waals surface area (Å²) in [6.45, 7) is 4.12. The predicted octanol–water partition coefficient (Wildman–Crippen LogP) is 5.83. The van der Waals surface area contributed by atoms with Gasteiger partial charge >= 0.3 is 0 Å². The van der Waals surface area contributed by atoms with Crippen LogP contribution in [0.4, 0.5) is 5.69 Å². The predicted molar refractivity (Wildman–Crippen MR) is 130 cm³/mol. The van der Waals surface area contributed by atoms with Crippen LogP contribution >= 0.6 is 7.92 Å². The molecule has 6 heteroatoms. The number of nitro benzene ring substituents is 1. The van der Waals surface area contributed by atoms with Gasteiger partial charge in [-0.15, -0.1) is 0 Å². The maximum atomic E-state index is 13.3. The topological polar surface area (TPSA) is 69.4 Å². The molecule has 0 bridgehead atoms. The second-order valence-corrected chi connectivity index (χ2v) is 10.1. The molecule has 0 aliphatic heterocycles. The molecule has 2 unspecified atom stereocenters. The first kappa shape index (κ1) is 23.8. The number of Topliss-reactive ketones (excluding diaryl/α,β-unsaturated/α-hetero) is 1. The minimum absolute atomic E-state index is 0.0300. The average Bonchev–Trinajstić information content (AvgIpc) is 2.83. The minimum atomic E-state index is -0.831.